The van der Waals surface area contributed by atoms with Crippen LogP contribution in [0.4, 0.5) is 5.69 Å². The minimum absolute atomic E-state index is 0.00355. The largest absolute Gasteiger partial charge is 0.463 e. The van der Waals surface area contributed by atoms with Gasteiger partial charge in [0.2, 0.25) is 5.76 Å². The second-order valence-electron chi connectivity index (χ2n) is 6.38. The number of rotatable bonds is 5. The maximum absolute atomic E-state index is 12.6. The van der Waals surface area contributed by atoms with Crippen LogP contribution in [0, 0.1) is 0 Å². The SMILES string of the molecule is COC(=O)c1ccc(COC(=O)c2cccc(N3C(=O)c4ccccc4C3=O)c2)o1. The molecule has 0 bridgehead atoms. The number of benzene rings is 2. The Balaban J connectivity index is 1.49. The van der Waals surface area contributed by atoms with Crippen LogP contribution in [0.1, 0.15) is 47.4 Å². The molecule has 0 N–H and O–H groups in total. The Kier molecular flexibility index (Phi) is 4.89. The lowest BCUT2D eigenvalue weighted by atomic mass is 10.1. The summed E-state index contributed by atoms with van der Waals surface area (Å²) in [4.78, 5) is 50.1. The predicted octanol–water partition coefficient (Wildman–Crippen LogP) is 3.22. The zero-order valence-corrected chi connectivity index (χ0v) is 15.8. The number of ether oxygens (including phenoxy) is 2. The van der Waals surface area contributed by atoms with Crippen LogP contribution >= 0.6 is 0 Å². The highest BCUT2D eigenvalue weighted by Gasteiger charge is 2.36. The summed E-state index contributed by atoms with van der Waals surface area (Å²) in [5, 5.41) is 0. The van der Waals surface area contributed by atoms with Gasteiger partial charge in [-0.1, -0.05) is 18.2 Å². The molecule has 1 aromatic heterocycles. The van der Waals surface area contributed by atoms with E-state index in [0.717, 1.165) is 4.90 Å². The number of furan rings is 1. The number of carbonyl (C=O) groups is 4. The van der Waals surface area contributed by atoms with Gasteiger partial charge in [-0.25, -0.2) is 14.5 Å². The third-order valence-corrected chi connectivity index (χ3v) is 4.53. The highest BCUT2D eigenvalue weighted by molar-refractivity contribution is 6.34. The Labute approximate surface area is 170 Å². The Morgan fingerprint density at radius 2 is 1.60 bits per heavy atom. The second kappa shape index (κ2) is 7.67. The first-order chi connectivity index (χ1) is 14.5. The number of esters is 2. The van der Waals surface area contributed by atoms with E-state index in [1.54, 1.807) is 36.4 Å². The topological polar surface area (TPSA) is 103 Å². The van der Waals surface area contributed by atoms with E-state index in [4.69, 9.17) is 9.15 Å². The minimum Gasteiger partial charge on any atom is -0.463 e. The lowest BCUT2D eigenvalue weighted by molar-refractivity contribution is 0.0438. The van der Waals surface area contributed by atoms with E-state index in [1.807, 2.05) is 0 Å². The molecule has 3 aromatic rings. The highest BCUT2D eigenvalue weighted by atomic mass is 16.5. The van der Waals surface area contributed by atoms with E-state index in [9.17, 15) is 19.2 Å². The molecule has 0 saturated carbocycles. The summed E-state index contributed by atoms with van der Waals surface area (Å²) < 4.78 is 15.0. The van der Waals surface area contributed by atoms with Gasteiger partial charge in [0.1, 0.15) is 12.4 Å². The summed E-state index contributed by atoms with van der Waals surface area (Å²) in [6.07, 6.45) is 0. The van der Waals surface area contributed by atoms with E-state index in [1.165, 1.54) is 31.4 Å². The number of anilines is 1. The fourth-order valence-electron chi connectivity index (χ4n) is 3.08. The van der Waals surface area contributed by atoms with Gasteiger partial charge in [-0.15, -0.1) is 0 Å². The van der Waals surface area contributed by atoms with Crippen LogP contribution in [0.5, 0.6) is 0 Å². The first-order valence-electron chi connectivity index (χ1n) is 8.91. The van der Waals surface area contributed by atoms with Gasteiger partial charge in [0.25, 0.3) is 11.8 Å². The van der Waals surface area contributed by atoms with Crippen LogP contribution < -0.4 is 4.90 Å². The predicted molar refractivity (Wildman–Crippen MR) is 103 cm³/mol. The third kappa shape index (κ3) is 3.35. The Morgan fingerprint density at radius 1 is 0.900 bits per heavy atom. The lowest BCUT2D eigenvalue weighted by Crippen LogP contribution is -2.29. The third-order valence-electron chi connectivity index (χ3n) is 4.53. The number of hydrogen-bond acceptors (Lipinski definition) is 7. The quantitative estimate of drug-likeness (QED) is 0.474. The van der Waals surface area contributed by atoms with E-state index in [-0.39, 0.29) is 29.4 Å². The molecule has 8 heteroatoms. The van der Waals surface area contributed by atoms with Crippen molar-refractivity contribution in [3.05, 3.63) is 88.9 Å². The number of imide groups is 1. The summed E-state index contributed by atoms with van der Waals surface area (Å²) in [5.74, 6) is -1.96. The molecule has 2 amide bonds. The van der Waals surface area contributed by atoms with Crippen LogP contribution in [-0.4, -0.2) is 30.9 Å². The fourth-order valence-corrected chi connectivity index (χ4v) is 3.08. The number of hydrogen-bond donors (Lipinski definition) is 0. The smallest absolute Gasteiger partial charge is 0.373 e. The molecule has 0 fully saturated rings. The zero-order chi connectivity index (χ0) is 21.3. The van der Waals surface area contributed by atoms with Crippen molar-refractivity contribution in [3.63, 3.8) is 0 Å². The standard InChI is InChI=1S/C22H15NO7/c1-28-22(27)18-10-9-15(30-18)12-29-21(26)13-5-4-6-14(11-13)23-19(24)16-7-2-3-8-17(16)20(23)25/h2-11H,12H2,1H3. The molecule has 0 atom stereocenters. The zero-order valence-electron chi connectivity index (χ0n) is 15.8. The summed E-state index contributed by atoms with van der Waals surface area (Å²) >= 11 is 0. The van der Waals surface area contributed by atoms with Crippen molar-refractivity contribution in [2.45, 2.75) is 6.61 Å². The van der Waals surface area contributed by atoms with Crippen molar-refractivity contribution in [3.8, 4) is 0 Å². The molecule has 0 saturated heterocycles. The van der Waals surface area contributed by atoms with Gasteiger partial charge >= 0.3 is 11.9 Å². The Hall–Kier alpha value is -4.20. The molecular weight excluding hydrogens is 390 g/mol. The summed E-state index contributed by atoms with van der Waals surface area (Å²) in [7, 11) is 1.23. The van der Waals surface area contributed by atoms with E-state index >= 15 is 0 Å². The van der Waals surface area contributed by atoms with Crippen molar-refractivity contribution in [2.24, 2.45) is 0 Å². The normalized spacial score (nSPS) is 12.6. The van der Waals surface area contributed by atoms with Crippen LogP contribution in [0.2, 0.25) is 0 Å². The van der Waals surface area contributed by atoms with E-state index in [2.05, 4.69) is 4.74 Å². The highest BCUT2D eigenvalue weighted by Crippen LogP contribution is 2.29. The molecule has 4 rings (SSSR count). The molecule has 8 nitrogen and oxygen atoms in total. The average molecular weight is 405 g/mol. The van der Waals surface area contributed by atoms with Crippen molar-refractivity contribution < 1.29 is 33.1 Å². The number of carbonyl (C=O) groups excluding carboxylic acids is 4. The van der Waals surface area contributed by atoms with Crippen LogP contribution in [0.25, 0.3) is 0 Å². The molecule has 2 aromatic carbocycles. The number of nitrogens with zero attached hydrogens (tertiary/aromatic N) is 1. The van der Waals surface area contributed by atoms with Gasteiger partial charge in [-0.2, -0.15) is 0 Å². The summed E-state index contributed by atoms with van der Waals surface area (Å²) in [6.45, 7) is -0.201. The maximum atomic E-state index is 12.6. The molecule has 1 aliphatic rings. The van der Waals surface area contributed by atoms with Gasteiger partial charge in [0, 0.05) is 0 Å². The number of fused-ring (bicyclic) bond motifs is 1. The van der Waals surface area contributed by atoms with Crippen LogP contribution in [-0.2, 0) is 16.1 Å². The summed E-state index contributed by atoms with van der Waals surface area (Å²) in [5.41, 5.74) is 1.05. The Bertz CT molecular complexity index is 1140. The van der Waals surface area contributed by atoms with Gasteiger partial charge in [-0.05, 0) is 42.5 Å². The van der Waals surface area contributed by atoms with Crippen molar-refractivity contribution >= 4 is 29.4 Å². The van der Waals surface area contributed by atoms with E-state index < -0.39 is 23.8 Å². The Morgan fingerprint density at radius 3 is 2.27 bits per heavy atom. The molecule has 0 spiro atoms. The van der Waals surface area contributed by atoms with Gasteiger partial charge in [0.15, 0.2) is 0 Å². The van der Waals surface area contributed by atoms with Crippen LogP contribution in [0.15, 0.2) is 65.1 Å². The maximum Gasteiger partial charge on any atom is 0.373 e. The molecule has 0 radical (unpaired) electrons. The molecule has 1 aliphatic heterocycles. The summed E-state index contributed by atoms with van der Waals surface area (Å²) in [6, 6.07) is 15.5. The minimum atomic E-state index is -0.676. The van der Waals surface area contributed by atoms with E-state index in [0.29, 0.717) is 11.1 Å². The number of methoxy groups -OCH3 is 1. The van der Waals surface area contributed by atoms with Crippen molar-refractivity contribution in [1.29, 1.82) is 0 Å². The molecule has 0 unspecified atom stereocenters. The molecule has 30 heavy (non-hydrogen) atoms. The van der Waals surface area contributed by atoms with Gasteiger partial charge in [0.05, 0.1) is 29.5 Å². The lowest BCUT2D eigenvalue weighted by Gasteiger charge is -2.14. The first kappa shape index (κ1) is 19.1. The molecule has 150 valence electrons. The first-order valence-corrected chi connectivity index (χ1v) is 8.91. The van der Waals surface area contributed by atoms with Gasteiger partial charge < -0.3 is 13.9 Å². The molecule has 2 heterocycles. The van der Waals surface area contributed by atoms with Crippen molar-refractivity contribution in [2.75, 3.05) is 12.0 Å². The molecular formula is C22H15NO7. The van der Waals surface area contributed by atoms with Crippen molar-refractivity contribution in [1.82, 2.24) is 0 Å². The number of amides is 2. The van der Waals surface area contributed by atoms with Gasteiger partial charge in [-0.3, -0.25) is 9.59 Å². The monoisotopic (exact) mass is 405 g/mol. The fraction of sp³-hybridized carbons (Fsp3) is 0.0909. The van der Waals surface area contributed by atoms with Crippen LogP contribution in [0.3, 0.4) is 0 Å². The average Bonchev–Trinajstić information content (AvgIpc) is 3.35. The second-order valence-corrected chi connectivity index (χ2v) is 6.38. The molecule has 0 aliphatic carbocycles.